The summed E-state index contributed by atoms with van der Waals surface area (Å²) in [6, 6.07) is 23.9. The Bertz CT molecular complexity index is 1940. The lowest BCUT2D eigenvalue weighted by molar-refractivity contribution is -1.08. The largest absolute Gasteiger partial charge is 0.623 e. The molecule has 0 bridgehead atoms. The highest BCUT2D eigenvalue weighted by atomic mass is 16.7. The van der Waals surface area contributed by atoms with Crippen LogP contribution in [0.2, 0.25) is 0 Å². The highest BCUT2D eigenvalue weighted by Gasteiger charge is 2.32. The number of ketones is 1. The van der Waals surface area contributed by atoms with Crippen LogP contribution in [0.3, 0.4) is 0 Å². The average molecular weight is 725 g/mol. The molecule has 12 nitrogen and oxygen atoms in total. The van der Waals surface area contributed by atoms with Crippen LogP contribution in [-0.2, 0) is 9.68 Å². The molecule has 0 spiro atoms. The first-order chi connectivity index (χ1) is 25.4. The van der Waals surface area contributed by atoms with Gasteiger partial charge in [0.1, 0.15) is 56.3 Å². The number of nitrogens with two attached hydrogens (primary N) is 1. The molecule has 0 aliphatic carbocycles. The molecule has 0 saturated carbocycles. The van der Waals surface area contributed by atoms with Crippen molar-refractivity contribution in [3.05, 3.63) is 130 Å². The quantitative estimate of drug-likeness (QED) is 0.0410. The molecule has 0 heterocycles. The summed E-state index contributed by atoms with van der Waals surface area (Å²) >= 11 is 0. The zero-order valence-corrected chi connectivity index (χ0v) is 31.1. The number of carbonyl (C=O) groups excluding carboxylic acids is 4. The van der Waals surface area contributed by atoms with Crippen LogP contribution in [0, 0.1) is 0 Å². The second kappa shape index (κ2) is 17.6. The molecule has 4 aromatic rings. The summed E-state index contributed by atoms with van der Waals surface area (Å²) < 4.78 is 5.92. The summed E-state index contributed by atoms with van der Waals surface area (Å²) in [6.07, 6.45) is 0. The summed E-state index contributed by atoms with van der Waals surface area (Å²) in [6.45, 7) is 14.5. The maximum atomic E-state index is 13.9. The van der Waals surface area contributed by atoms with Crippen LogP contribution >= 0.6 is 0 Å². The molecule has 4 aromatic carbocycles. The van der Waals surface area contributed by atoms with Gasteiger partial charge in [0.25, 0.3) is 0 Å². The van der Waals surface area contributed by atoms with E-state index in [-0.39, 0.29) is 42.7 Å². The van der Waals surface area contributed by atoms with Crippen LogP contribution in [0.25, 0.3) is 5.32 Å². The van der Waals surface area contributed by atoms with Gasteiger partial charge in [-0.15, -0.1) is 15.0 Å². The topological polar surface area (TPSA) is 156 Å². The van der Waals surface area contributed by atoms with E-state index in [0.29, 0.717) is 56.5 Å². The first-order valence-corrected chi connectivity index (χ1v) is 17.8. The lowest BCUT2D eigenvalue weighted by Gasteiger charge is -2.31. The second-order valence-corrected chi connectivity index (χ2v) is 12.3. The van der Waals surface area contributed by atoms with Gasteiger partial charge < -0.3 is 20.0 Å². The lowest BCUT2D eigenvalue weighted by Crippen LogP contribution is -2.49. The SMILES string of the molecule is CC[N+](CC)(CC)OC(=O)c1ccc(C(=O)c2ccc(C(=O)O[N+](CC)(CC)CC)c(C(=O)[N-]c3ccc(Oc4ccccc4)cc3)c2)cc1C(=[NH2+])O. The number of para-hydroxylation sites is 1. The van der Waals surface area contributed by atoms with Crippen LogP contribution < -0.4 is 10.1 Å². The highest BCUT2D eigenvalue weighted by Crippen LogP contribution is 2.29. The number of aliphatic hydroxyl groups is 1. The summed E-state index contributed by atoms with van der Waals surface area (Å²) in [5, 5.41) is 20.4. The number of quaternary nitrogens is 2. The molecule has 0 fully saturated rings. The standard InChI is InChI=1S/C41H46N4O8/c1-7-44(8-2,9-3)52-40(49)33-24-18-28(26-35(33)38(42)47)37(46)29-19-25-34(41(50)53-45(10-4,11-5)12-6)36(27-29)39(48)43-30-20-22-32(23-21-30)51-31-16-14-13-15-17-31/h13-27H,7-12H2,1-6H3,(H-2,42,43,47,48)/p+2. The van der Waals surface area contributed by atoms with Crippen molar-refractivity contribution in [2.24, 2.45) is 0 Å². The van der Waals surface area contributed by atoms with Crippen molar-refractivity contribution in [3.63, 3.8) is 0 Å². The van der Waals surface area contributed by atoms with Gasteiger partial charge in [-0.05, 0) is 90.1 Å². The normalized spacial score (nSPS) is 11.4. The third kappa shape index (κ3) is 9.34. The van der Waals surface area contributed by atoms with E-state index >= 15 is 0 Å². The van der Waals surface area contributed by atoms with Gasteiger partial charge in [0.15, 0.2) is 5.78 Å². The maximum absolute atomic E-state index is 13.9. The van der Waals surface area contributed by atoms with Gasteiger partial charge in [-0.3, -0.25) is 14.5 Å². The molecule has 0 aliphatic rings. The van der Waals surface area contributed by atoms with Crippen molar-refractivity contribution in [1.82, 2.24) is 0 Å². The van der Waals surface area contributed by atoms with Gasteiger partial charge >= 0.3 is 17.8 Å². The molecule has 1 amide bonds. The van der Waals surface area contributed by atoms with Crippen molar-refractivity contribution < 1.29 is 53.4 Å². The Morgan fingerprint density at radius 3 is 1.47 bits per heavy atom. The van der Waals surface area contributed by atoms with Crippen molar-refractivity contribution in [2.45, 2.75) is 41.5 Å². The van der Waals surface area contributed by atoms with Gasteiger partial charge in [-0.25, -0.2) is 15.0 Å². The molecule has 4 rings (SSSR count). The van der Waals surface area contributed by atoms with Gasteiger partial charge in [-0.2, -0.15) is 0 Å². The minimum atomic E-state index is -0.776. The number of ether oxygens (including phenoxy) is 1. The molecule has 0 aromatic heterocycles. The van der Waals surface area contributed by atoms with Gasteiger partial charge in [0.2, 0.25) is 0 Å². The van der Waals surface area contributed by atoms with Crippen LogP contribution in [0.5, 0.6) is 11.5 Å². The van der Waals surface area contributed by atoms with Crippen LogP contribution in [-0.4, -0.2) is 83.2 Å². The third-order valence-corrected chi connectivity index (χ3v) is 9.57. The van der Waals surface area contributed by atoms with Gasteiger partial charge in [0, 0.05) is 16.7 Å². The Morgan fingerprint density at radius 2 is 1.02 bits per heavy atom. The summed E-state index contributed by atoms with van der Waals surface area (Å²) in [5.74, 6) is -2.29. The van der Waals surface area contributed by atoms with E-state index in [1.165, 1.54) is 36.4 Å². The monoisotopic (exact) mass is 724 g/mol. The second-order valence-electron chi connectivity index (χ2n) is 12.3. The molecule has 3 N–H and O–H groups in total. The number of benzene rings is 4. The number of hydrogen-bond donors (Lipinski definition) is 2. The first-order valence-electron chi connectivity index (χ1n) is 17.8. The third-order valence-electron chi connectivity index (χ3n) is 9.57. The van der Waals surface area contributed by atoms with Crippen LogP contribution in [0.15, 0.2) is 91.0 Å². The van der Waals surface area contributed by atoms with E-state index in [1.54, 1.807) is 24.3 Å². The van der Waals surface area contributed by atoms with Crippen molar-refractivity contribution in [3.8, 4) is 11.5 Å². The Kier molecular flexibility index (Phi) is 13.2. The van der Waals surface area contributed by atoms with Crippen molar-refractivity contribution in [1.29, 1.82) is 0 Å². The lowest BCUT2D eigenvalue weighted by atomic mass is 9.95. The maximum Gasteiger partial charge on any atom is 0.398 e. The summed E-state index contributed by atoms with van der Waals surface area (Å²) in [7, 11) is 0. The number of aliphatic hydroxyl groups excluding tert-OH is 1. The van der Waals surface area contributed by atoms with Gasteiger partial charge in [-0.1, -0.05) is 42.5 Å². The molecule has 0 saturated heterocycles. The molecule has 12 heteroatoms. The molecular weight excluding hydrogens is 676 g/mol. The van der Waals surface area contributed by atoms with E-state index in [0.717, 1.165) is 0 Å². The molecule has 0 radical (unpaired) electrons. The molecule has 0 atom stereocenters. The number of nitrogens with zero attached hydrogens (tertiary/aromatic N) is 3. The first kappa shape index (κ1) is 39.9. The van der Waals surface area contributed by atoms with E-state index in [2.05, 4.69) is 5.32 Å². The Hall–Kier alpha value is -5.85. The van der Waals surface area contributed by atoms with E-state index < -0.39 is 29.5 Å². The Morgan fingerprint density at radius 1 is 0.585 bits per heavy atom. The molecule has 0 aliphatic heterocycles. The fourth-order valence-corrected chi connectivity index (χ4v) is 5.85. The minimum absolute atomic E-state index is 0.0169. The molecule has 0 unspecified atom stereocenters. The molecular formula is C41H48N4O8+2. The number of hydroxylamine groups is 6. The number of rotatable bonds is 17. The van der Waals surface area contributed by atoms with Crippen LogP contribution in [0.1, 0.15) is 94.1 Å². The molecule has 53 heavy (non-hydrogen) atoms. The highest BCUT2D eigenvalue weighted by molar-refractivity contribution is 6.17. The minimum Gasteiger partial charge on any atom is -0.623 e. The van der Waals surface area contributed by atoms with Crippen molar-refractivity contribution >= 4 is 35.2 Å². The number of carbonyl (C=O) groups is 4. The van der Waals surface area contributed by atoms with E-state index in [9.17, 15) is 24.3 Å². The van der Waals surface area contributed by atoms with E-state index in [1.807, 2.05) is 71.9 Å². The average Bonchev–Trinajstić information content (AvgIpc) is 3.19. The predicted molar refractivity (Wildman–Crippen MR) is 200 cm³/mol. The fourth-order valence-electron chi connectivity index (χ4n) is 5.85. The number of amides is 1. The Balaban J connectivity index is 1.69. The van der Waals surface area contributed by atoms with Crippen LogP contribution in [0.4, 0.5) is 5.69 Å². The van der Waals surface area contributed by atoms with E-state index in [4.69, 9.17) is 19.8 Å². The summed E-state index contributed by atoms with van der Waals surface area (Å²) in [5.41, 5.74) is 0.101. The smallest absolute Gasteiger partial charge is 0.398 e. The van der Waals surface area contributed by atoms with Gasteiger partial charge in [0.05, 0.1) is 17.0 Å². The Labute approximate surface area is 310 Å². The summed E-state index contributed by atoms with van der Waals surface area (Å²) in [4.78, 5) is 66.4. The zero-order valence-electron chi connectivity index (χ0n) is 31.1. The molecule has 278 valence electrons. The zero-order chi connectivity index (χ0) is 38.8. The number of hydrogen-bond acceptors (Lipinski definition) is 7. The van der Waals surface area contributed by atoms with Crippen molar-refractivity contribution in [2.75, 3.05) is 39.3 Å². The fraction of sp³-hybridized carbons (Fsp3) is 0.293. The predicted octanol–water partition coefficient (Wildman–Crippen LogP) is 6.52.